The minimum absolute atomic E-state index is 0.163. The second-order valence-corrected chi connectivity index (χ2v) is 9.97. The molecule has 0 heterocycles. The van der Waals surface area contributed by atoms with Gasteiger partial charge in [-0.15, -0.1) is 0 Å². The molecule has 0 radical (unpaired) electrons. The molecule has 0 unspecified atom stereocenters. The van der Waals surface area contributed by atoms with Gasteiger partial charge in [0.25, 0.3) is 11.8 Å². The van der Waals surface area contributed by atoms with E-state index >= 15 is 0 Å². The summed E-state index contributed by atoms with van der Waals surface area (Å²) in [7, 11) is 0. The lowest BCUT2D eigenvalue weighted by molar-refractivity contribution is -0.120. The van der Waals surface area contributed by atoms with Gasteiger partial charge >= 0.3 is 0 Å². The van der Waals surface area contributed by atoms with Gasteiger partial charge in [0.05, 0.1) is 17.8 Å². The molecule has 5 nitrogen and oxygen atoms in total. The highest BCUT2D eigenvalue weighted by atomic mass is 79.9. The molecule has 0 aliphatic heterocycles. The number of anilines is 2. The fourth-order valence-electron chi connectivity index (χ4n) is 3.65. The van der Waals surface area contributed by atoms with E-state index in [0.29, 0.717) is 22.7 Å². The molecule has 0 aliphatic carbocycles. The van der Waals surface area contributed by atoms with Gasteiger partial charge in [-0.1, -0.05) is 74.3 Å². The molecule has 0 atom stereocenters. The largest absolute Gasteiger partial charge is 0.483 e. The standard InChI is InChI=1S/C29H24Br2N2O3/c1-20-6-2-5-9-27(20)36-19-28(34)33(18-21-10-12-22(30)13-11-21)26-8-4-3-7-25(26)29(35)32-24-16-14-23(31)15-17-24/h2-17H,18-19H2,1H3,(H,32,35). The van der Waals surface area contributed by atoms with E-state index in [2.05, 4.69) is 37.2 Å². The van der Waals surface area contributed by atoms with Crippen molar-refractivity contribution in [3.05, 3.63) is 123 Å². The first-order valence-corrected chi connectivity index (χ1v) is 12.9. The Hall–Kier alpha value is -3.42. The summed E-state index contributed by atoms with van der Waals surface area (Å²) < 4.78 is 7.72. The zero-order chi connectivity index (χ0) is 25.5. The molecule has 4 aromatic carbocycles. The van der Waals surface area contributed by atoms with Crippen molar-refractivity contribution in [3.8, 4) is 5.75 Å². The van der Waals surface area contributed by atoms with Crippen molar-refractivity contribution in [2.24, 2.45) is 0 Å². The van der Waals surface area contributed by atoms with Crippen LogP contribution in [0.5, 0.6) is 5.75 Å². The average molecular weight is 608 g/mol. The third kappa shape index (κ3) is 6.62. The van der Waals surface area contributed by atoms with Gasteiger partial charge in [-0.2, -0.15) is 0 Å². The van der Waals surface area contributed by atoms with Gasteiger partial charge in [0.1, 0.15) is 5.75 Å². The average Bonchev–Trinajstić information content (AvgIpc) is 2.89. The topological polar surface area (TPSA) is 58.6 Å². The highest BCUT2D eigenvalue weighted by Crippen LogP contribution is 2.26. The van der Waals surface area contributed by atoms with Crippen LogP contribution in [0, 0.1) is 6.92 Å². The summed E-state index contributed by atoms with van der Waals surface area (Å²) in [4.78, 5) is 28.4. The van der Waals surface area contributed by atoms with Crippen LogP contribution in [0.4, 0.5) is 11.4 Å². The number of rotatable bonds is 8. The first-order chi connectivity index (χ1) is 17.4. The quantitative estimate of drug-likeness (QED) is 0.227. The number of carbonyl (C=O) groups excluding carboxylic acids is 2. The van der Waals surface area contributed by atoms with Gasteiger partial charge in [0, 0.05) is 14.6 Å². The molecule has 36 heavy (non-hydrogen) atoms. The van der Waals surface area contributed by atoms with Gasteiger partial charge in [-0.3, -0.25) is 9.59 Å². The maximum Gasteiger partial charge on any atom is 0.265 e. The lowest BCUT2D eigenvalue weighted by atomic mass is 10.1. The minimum Gasteiger partial charge on any atom is -0.483 e. The summed E-state index contributed by atoms with van der Waals surface area (Å²) in [5.74, 6) is 0.0853. The third-order valence-corrected chi connectivity index (χ3v) is 6.60. The number of para-hydroxylation sites is 2. The van der Waals surface area contributed by atoms with Crippen LogP contribution in [0.1, 0.15) is 21.5 Å². The monoisotopic (exact) mass is 606 g/mol. The van der Waals surface area contributed by atoms with E-state index in [0.717, 1.165) is 20.1 Å². The maximum atomic E-state index is 13.5. The summed E-state index contributed by atoms with van der Waals surface area (Å²) in [6, 6.07) is 29.7. The number of nitrogens with zero attached hydrogens (tertiary/aromatic N) is 1. The molecule has 7 heteroatoms. The van der Waals surface area contributed by atoms with E-state index in [1.807, 2.05) is 85.8 Å². The van der Waals surface area contributed by atoms with Gasteiger partial charge in [-0.05, 0) is 72.6 Å². The fourth-order valence-corrected chi connectivity index (χ4v) is 4.18. The number of carbonyl (C=O) groups is 2. The van der Waals surface area contributed by atoms with Crippen molar-refractivity contribution < 1.29 is 14.3 Å². The van der Waals surface area contributed by atoms with Crippen molar-refractivity contribution in [2.45, 2.75) is 13.5 Å². The lowest BCUT2D eigenvalue weighted by Crippen LogP contribution is -2.36. The van der Waals surface area contributed by atoms with Gasteiger partial charge in [0.15, 0.2) is 6.61 Å². The Morgan fingerprint density at radius 1 is 0.806 bits per heavy atom. The summed E-state index contributed by atoms with van der Waals surface area (Å²) in [5, 5.41) is 2.92. The molecule has 0 aliphatic rings. The molecule has 2 amide bonds. The van der Waals surface area contributed by atoms with Crippen LogP contribution in [0.15, 0.2) is 106 Å². The number of hydrogen-bond acceptors (Lipinski definition) is 3. The summed E-state index contributed by atoms with van der Waals surface area (Å²) in [5.41, 5.74) is 3.42. The molecule has 1 N–H and O–H groups in total. The van der Waals surface area contributed by atoms with E-state index in [1.54, 1.807) is 23.1 Å². The smallest absolute Gasteiger partial charge is 0.265 e. The zero-order valence-electron chi connectivity index (χ0n) is 19.6. The molecule has 0 bridgehead atoms. The molecular weight excluding hydrogens is 584 g/mol. The predicted molar refractivity (Wildman–Crippen MR) is 151 cm³/mol. The van der Waals surface area contributed by atoms with E-state index < -0.39 is 0 Å². The maximum absolute atomic E-state index is 13.5. The van der Waals surface area contributed by atoms with E-state index in [4.69, 9.17) is 4.74 Å². The van der Waals surface area contributed by atoms with Crippen molar-refractivity contribution in [1.29, 1.82) is 0 Å². The zero-order valence-corrected chi connectivity index (χ0v) is 22.8. The summed E-state index contributed by atoms with van der Waals surface area (Å²) in [6.07, 6.45) is 0. The highest BCUT2D eigenvalue weighted by molar-refractivity contribution is 9.10. The molecule has 0 saturated heterocycles. The summed E-state index contributed by atoms with van der Waals surface area (Å²) in [6.45, 7) is 2.05. The first kappa shape index (κ1) is 25.7. The molecule has 0 saturated carbocycles. The van der Waals surface area contributed by atoms with Crippen molar-refractivity contribution in [2.75, 3.05) is 16.8 Å². The molecule has 182 valence electrons. The molecule has 0 spiro atoms. The lowest BCUT2D eigenvalue weighted by Gasteiger charge is -2.25. The van der Waals surface area contributed by atoms with Crippen molar-refractivity contribution >= 4 is 55.0 Å². The second kappa shape index (κ2) is 12.0. The number of halogens is 2. The SMILES string of the molecule is Cc1ccccc1OCC(=O)N(Cc1ccc(Br)cc1)c1ccccc1C(=O)Nc1ccc(Br)cc1. The Balaban J connectivity index is 1.63. The van der Waals surface area contributed by atoms with E-state index in [9.17, 15) is 9.59 Å². The molecule has 0 aromatic heterocycles. The Kier molecular flexibility index (Phi) is 8.57. The van der Waals surface area contributed by atoms with E-state index in [-0.39, 0.29) is 25.0 Å². The Labute approximate surface area is 227 Å². The van der Waals surface area contributed by atoms with Crippen LogP contribution in [-0.4, -0.2) is 18.4 Å². The van der Waals surface area contributed by atoms with Crippen LogP contribution in [0.2, 0.25) is 0 Å². The normalized spacial score (nSPS) is 10.5. The van der Waals surface area contributed by atoms with Crippen LogP contribution in [-0.2, 0) is 11.3 Å². The number of amides is 2. The Bertz CT molecular complexity index is 1360. The molecule has 0 fully saturated rings. The van der Waals surface area contributed by atoms with Crippen molar-refractivity contribution in [3.63, 3.8) is 0 Å². The van der Waals surface area contributed by atoms with Crippen LogP contribution >= 0.6 is 31.9 Å². The Morgan fingerprint density at radius 2 is 1.42 bits per heavy atom. The number of nitrogens with one attached hydrogen (secondary N) is 1. The fraction of sp³-hybridized carbons (Fsp3) is 0.103. The van der Waals surface area contributed by atoms with Crippen molar-refractivity contribution in [1.82, 2.24) is 0 Å². The molecular formula is C29H24Br2N2O3. The summed E-state index contributed by atoms with van der Waals surface area (Å²) >= 11 is 6.86. The minimum atomic E-state index is -0.304. The van der Waals surface area contributed by atoms with E-state index in [1.165, 1.54) is 0 Å². The van der Waals surface area contributed by atoms with Crippen LogP contribution in [0.25, 0.3) is 0 Å². The highest BCUT2D eigenvalue weighted by Gasteiger charge is 2.23. The third-order valence-electron chi connectivity index (χ3n) is 5.54. The number of ether oxygens (including phenoxy) is 1. The number of benzene rings is 4. The van der Waals surface area contributed by atoms with Gasteiger partial charge < -0.3 is 15.0 Å². The van der Waals surface area contributed by atoms with Crippen LogP contribution < -0.4 is 15.0 Å². The first-order valence-electron chi connectivity index (χ1n) is 11.3. The number of aryl methyl sites for hydroxylation is 1. The second-order valence-electron chi connectivity index (χ2n) is 8.14. The van der Waals surface area contributed by atoms with Crippen LogP contribution in [0.3, 0.4) is 0 Å². The van der Waals surface area contributed by atoms with Gasteiger partial charge in [-0.25, -0.2) is 0 Å². The predicted octanol–water partition coefficient (Wildman–Crippen LogP) is 7.38. The molecule has 4 rings (SSSR count). The Morgan fingerprint density at radius 3 is 2.11 bits per heavy atom. The number of hydrogen-bond donors (Lipinski definition) is 1. The molecule has 4 aromatic rings. The van der Waals surface area contributed by atoms with Gasteiger partial charge in [0.2, 0.25) is 0 Å².